The van der Waals surface area contributed by atoms with Crippen molar-refractivity contribution in [1.29, 1.82) is 0 Å². The molecule has 0 aromatic carbocycles. The number of methoxy groups -OCH3 is 1. The predicted molar refractivity (Wildman–Crippen MR) is 66.5 cm³/mol. The highest BCUT2D eigenvalue weighted by Crippen LogP contribution is 2.43. The van der Waals surface area contributed by atoms with E-state index in [4.69, 9.17) is 5.11 Å². The number of amides is 2. The minimum atomic E-state index is -1.17. The Morgan fingerprint density at radius 1 is 1.37 bits per heavy atom. The Morgan fingerprint density at radius 2 is 2.00 bits per heavy atom. The molecule has 7 nitrogen and oxygen atoms in total. The highest BCUT2D eigenvalue weighted by atomic mass is 16.5. The molecule has 1 aliphatic rings. The van der Waals surface area contributed by atoms with Crippen LogP contribution in [0.5, 0.6) is 0 Å². The second-order valence-electron chi connectivity index (χ2n) is 5.14. The van der Waals surface area contributed by atoms with Gasteiger partial charge in [-0.2, -0.15) is 0 Å². The molecular weight excluding hydrogens is 252 g/mol. The lowest BCUT2D eigenvalue weighted by Crippen LogP contribution is -2.47. The van der Waals surface area contributed by atoms with E-state index in [1.165, 1.54) is 7.11 Å². The van der Waals surface area contributed by atoms with Crippen molar-refractivity contribution >= 4 is 18.0 Å². The number of carboxylic acids is 1. The highest BCUT2D eigenvalue weighted by Gasteiger charge is 2.37. The highest BCUT2D eigenvalue weighted by molar-refractivity contribution is 5.83. The molecule has 1 fully saturated rings. The Labute approximate surface area is 111 Å². The quantitative estimate of drug-likeness (QED) is 0.585. The number of carbonyl (C=O) groups excluding carboxylic acids is 2. The predicted octanol–water partition coefficient (Wildman–Crippen LogP) is 0.492. The molecule has 0 aliphatic heterocycles. The average Bonchev–Trinajstić information content (AvgIpc) is 3.09. The van der Waals surface area contributed by atoms with E-state index in [-0.39, 0.29) is 18.3 Å². The number of rotatable bonds is 7. The van der Waals surface area contributed by atoms with Crippen LogP contribution in [0.25, 0.3) is 0 Å². The average molecular weight is 272 g/mol. The minimum absolute atomic E-state index is 0.00664. The summed E-state index contributed by atoms with van der Waals surface area (Å²) < 4.78 is 4.43. The first-order chi connectivity index (χ1) is 8.86. The summed E-state index contributed by atoms with van der Waals surface area (Å²) >= 11 is 0. The molecule has 1 rings (SSSR count). The number of hydrogen-bond acceptors (Lipinski definition) is 4. The van der Waals surface area contributed by atoms with Gasteiger partial charge in [0.2, 0.25) is 0 Å². The Hall–Kier alpha value is -1.79. The van der Waals surface area contributed by atoms with Gasteiger partial charge in [-0.25, -0.2) is 9.59 Å². The fourth-order valence-electron chi connectivity index (χ4n) is 1.51. The molecule has 0 saturated heterocycles. The van der Waals surface area contributed by atoms with Gasteiger partial charge in [0.1, 0.15) is 6.04 Å². The van der Waals surface area contributed by atoms with Gasteiger partial charge in [0.25, 0.3) is 0 Å². The van der Waals surface area contributed by atoms with E-state index in [1.54, 1.807) is 0 Å². The normalized spacial score (nSPS) is 17.2. The number of hydrogen-bond donors (Lipinski definition) is 3. The molecule has 0 radical (unpaired) electrons. The molecule has 0 spiro atoms. The van der Waals surface area contributed by atoms with Crippen LogP contribution in [0.3, 0.4) is 0 Å². The second kappa shape index (κ2) is 6.40. The molecule has 7 heteroatoms. The maximum absolute atomic E-state index is 11.5. The molecule has 19 heavy (non-hydrogen) atoms. The lowest BCUT2D eigenvalue weighted by atomic mass is 10.1. The van der Waals surface area contributed by atoms with Crippen LogP contribution in [0, 0.1) is 5.41 Å². The van der Waals surface area contributed by atoms with Crippen LogP contribution >= 0.6 is 0 Å². The number of carboxylic acid groups (broad SMARTS) is 1. The van der Waals surface area contributed by atoms with Crippen LogP contribution in [0.1, 0.15) is 32.6 Å². The van der Waals surface area contributed by atoms with Crippen molar-refractivity contribution in [2.45, 2.75) is 38.6 Å². The first-order valence-electron chi connectivity index (χ1n) is 6.20. The fraction of sp³-hybridized carbons (Fsp3) is 0.750. The topological polar surface area (TPSA) is 105 Å². The SMILES string of the molecule is COC(=O)CC[C@@H](NC(=O)NCC1(C)CC1)C(=O)O. The summed E-state index contributed by atoms with van der Waals surface area (Å²) in [4.78, 5) is 33.4. The smallest absolute Gasteiger partial charge is 0.326 e. The first kappa shape index (κ1) is 15.3. The van der Waals surface area contributed by atoms with Gasteiger partial charge < -0.3 is 20.5 Å². The molecule has 2 amide bonds. The zero-order valence-electron chi connectivity index (χ0n) is 11.2. The third-order valence-electron chi connectivity index (χ3n) is 3.25. The number of esters is 1. The molecule has 0 heterocycles. The van der Waals surface area contributed by atoms with Gasteiger partial charge in [-0.05, 0) is 24.7 Å². The summed E-state index contributed by atoms with van der Waals surface area (Å²) in [5, 5.41) is 13.9. The summed E-state index contributed by atoms with van der Waals surface area (Å²) in [6, 6.07) is -1.61. The van der Waals surface area contributed by atoms with Crippen molar-refractivity contribution in [1.82, 2.24) is 10.6 Å². The van der Waals surface area contributed by atoms with Crippen molar-refractivity contribution in [3.8, 4) is 0 Å². The largest absolute Gasteiger partial charge is 0.480 e. The Bertz CT molecular complexity index is 365. The number of nitrogens with one attached hydrogen (secondary N) is 2. The van der Waals surface area contributed by atoms with Crippen LogP contribution < -0.4 is 10.6 Å². The molecular formula is C12H20N2O5. The third kappa shape index (κ3) is 5.58. The van der Waals surface area contributed by atoms with Crippen LogP contribution in [0.4, 0.5) is 4.79 Å². The van der Waals surface area contributed by atoms with Crippen LogP contribution in [-0.4, -0.2) is 42.8 Å². The van der Waals surface area contributed by atoms with E-state index in [0.717, 1.165) is 12.8 Å². The van der Waals surface area contributed by atoms with Crippen molar-refractivity contribution in [2.24, 2.45) is 5.41 Å². The van der Waals surface area contributed by atoms with E-state index < -0.39 is 24.0 Å². The van der Waals surface area contributed by atoms with Gasteiger partial charge in [-0.15, -0.1) is 0 Å². The first-order valence-corrected chi connectivity index (χ1v) is 6.20. The number of aliphatic carboxylic acids is 1. The summed E-state index contributed by atoms with van der Waals surface area (Å²) in [5.74, 6) is -1.67. The lowest BCUT2D eigenvalue weighted by molar-refractivity contribution is -0.142. The van der Waals surface area contributed by atoms with E-state index in [1.807, 2.05) is 0 Å². The zero-order chi connectivity index (χ0) is 14.5. The maximum atomic E-state index is 11.5. The monoisotopic (exact) mass is 272 g/mol. The molecule has 0 unspecified atom stereocenters. The van der Waals surface area contributed by atoms with Crippen LogP contribution in [0.15, 0.2) is 0 Å². The minimum Gasteiger partial charge on any atom is -0.480 e. The van der Waals surface area contributed by atoms with E-state index >= 15 is 0 Å². The Kier molecular flexibility index (Phi) is 5.14. The van der Waals surface area contributed by atoms with Crippen molar-refractivity contribution in [3.05, 3.63) is 0 Å². The molecule has 1 atom stereocenters. The van der Waals surface area contributed by atoms with Crippen LogP contribution in [-0.2, 0) is 14.3 Å². The molecule has 0 bridgehead atoms. The summed E-state index contributed by atoms with van der Waals surface area (Å²) in [5.41, 5.74) is 0.155. The molecule has 108 valence electrons. The van der Waals surface area contributed by atoms with Gasteiger partial charge in [-0.1, -0.05) is 6.92 Å². The molecule has 0 aromatic heterocycles. The second-order valence-corrected chi connectivity index (χ2v) is 5.14. The molecule has 3 N–H and O–H groups in total. The van der Waals surface area contributed by atoms with Gasteiger partial charge >= 0.3 is 18.0 Å². The standard InChI is InChI=1S/C12H20N2O5/c1-12(5-6-12)7-13-11(18)14-8(10(16)17)3-4-9(15)19-2/h8H,3-7H2,1-2H3,(H,16,17)(H2,13,14,18)/t8-/m1/s1. The number of carbonyl (C=O) groups is 3. The van der Waals surface area contributed by atoms with Gasteiger partial charge in [0.05, 0.1) is 7.11 Å². The van der Waals surface area contributed by atoms with E-state index in [0.29, 0.717) is 6.54 Å². The molecule has 1 saturated carbocycles. The Morgan fingerprint density at radius 3 is 2.47 bits per heavy atom. The van der Waals surface area contributed by atoms with Gasteiger partial charge in [-0.3, -0.25) is 4.79 Å². The Balaban J connectivity index is 2.32. The van der Waals surface area contributed by atoms with Crippen molar-refractivity contribution in [2.75, 3.05) is 13.7 Å². The van der Waals surface area contributed by atoms with E-state index in [2.05, 4.69) is 22.3 Å². The van der Waals surface area contributed by atoms with Crippen LogP contribution in [0.2, 0.25) is 0 Å². The van der Waals surface area contributed by atoms with Gasteiger partial charge in [0.15, 0.2) is 0 Å². The van der Waals surface area contributed by atoms with Crippen molar-refractivity contribution in [3.63, 3.8) is 0 Å². The maximum Gasteiger partial charge on any atom is 0.326 e. The third-order valence-corrected chi connectivity index (χ3v) is 3.25. The fourth-order valence-corrected chi connectivity index (χ4v) is 1.51. The lowest BCUT2D eigenvalue weighted by Gasteiger charge is -2.16. The summed E-state index contributed by atoms with van der Waals surface area (Å²) in [7, 11) is 1.23. The molecule has 0 aromatic rings. The summed E-state index contributed by atoms with van der Waals surface area (Å²) in [6.07, 6.45) is 2.09. The molecule has 1 aliphatic carbocycles. The number of ether oxygens (including phenoxy) is 1. The zero-order valence-corrected chi connectivity index (χ0v) is 11.2. The van der Waals surface area contributed by atoms with Gasteiger partial charge in [0, 0.05) is 13.0 Å². The van der Waals surface area contributed by atoms with Crippen molar-refractivity contribution < 1.29 is 24.2 Å². The summed E-state index contributed by atoms with van der Waals surface area (Å²) in [6.45, 7) is 2.58. The van der Waals surface area contributed by atoms with E-state index in [9.17, 15) is 14.4 Å². The number of urea groups is 1.